The van der Waals surface area contributed by atoms with Crippen LogP contribution < -0.4 is 5.19 Å². The van der Waals surface area contributed by atoms with Crippen molar-refractivity contribution in [2.24, 2.45) is 0 Å². The van der Waals surface area contributed by atoms with E-state index in [1.807, 2.05) is 20.8 Å². The first-order chi connectivity index (χ1) is 9.55. The Labute approximate surface area is 152 Å². The normalized spacial score (nSPS) is 8.24. The summed E-state index contributed by atoms with van der Waals surface area (Å²) >= 11 is 0. The van der Waals surface area contributed by atoms with E-state index >= 15 is 0 Å². The summed E-state index contributed by atoms with van der Waals surface area (Å²) in [6.45, 7) is 11.4. The Hall–Kier alpha value is 0.330. The zero-order valence-electron chi connectivity index (χ0n) is 14.5. The van der Waals surface area contributed by atoms with Crippen LogP contribution >= 0.6 is 0 Å². The van der Waals surface area contributed by atoms with Gasteiger partial charge < -0.3 is 15.3 Å². The van der Waals surface area contributed by atoms with Crippen molar-refractivity contribution in [1.82, 2.24) is 0 Å². The van der Waals surface area contributed by atoms with Crippen molar-refractivity contribution < 1.29 is 41.5 Å². The molecule has 0 unspecified atom stereocenters. The zero-order valence-corrected chi connectivity index (χ0v) is 18.1. The first kappa shape index (κ1) is 29.4. The number of hydrogen-bond acceptors (Lipinski definition) is 3. The van der Waals surface area contributed by atoms with Gasteiger partial charge in [-0.05, 0) is 19.3 Å². The first-order valence-electron chi connectivity index (χ1n) is 7.59. The van der Waals surface area contributed by atoms with Crippen LogP contribution in [0.15, 0.2) is 24.3 Å². The topological polar surface area (TPSA) is 60.7 Å². The molecule has 0 aliphatic heterocycles. The Kier molecular flexibility index (Phi) is 39.8. The maximum atomic E-state index is 7.88. The summed E-state index contributed by atoms with van der Waals surface area (Å²) in [6.07, 6.45) is 2.62. The number of aliphatic hydroxyl groups excluding tert-OH is 3. The van der Waals surface area contributed by atoms with E-state index in [1.54, 1.807) is 5.19 Å². The molecule has 0 saturated heterocycles. The van der Waals surface area contributed by atoms with Crippen molar-refractivity contribution >= 4 is 14.0 Å². The van der Waals surface area contributed by atoms with Gasteiger partial charge in [-0.15, -0.1) is 0 Å². The molecule has 0 heterocycles. The molecule has 0 aliphatic rings. The minimum atomic E-state index is -0.480. The van der Waals surface area contributed by atoms with Gasteiger partial charge in [-0.25, -0.2) is 12.1 Å². The smallest absolute Gasteiger partial charge is 0.0428 e. The summed E-state index contributed by atoms with van der Waals surface area (Å²) in [5, 5.41) is 25.2. The second kappa shape index (κ2) is 28.5. The second-order valence-electron chi connectivity index (χ2n) is 4.54. The summed E-state index contributed by atoms with van der Waals surface area (Å²) in [7, 11) is -0.480. The molecule has 5 heteroatoms. The van der Waals surface area contributed by atoms with Crippen molar-refractivity contribution in [1.29, 1.82) is 0 Å². The molecule has 0 aromatic heterocycles. The summed E-state index contributed by atoms with van der Waals surface area (Å²) in [4.78, 5) is 0. The van der Waals surface area contributed by atoms with E-state index in [2.05, 4.69) is 37.4 Å². The molecule has 126 valence electrons. The molecule has 0 spiro atoms. The Balaban J connectivity index is -0.0000000973. The molecule has 21 heavy (non-hydrogen) atoms. The SMILES string of the molecule is CCCO.CCCO.CCCO.C[SiH](C)[c-]1cccc1.[Zr]. The summed E-state index contributed by atoms with van der Waals surface area (Å²) in [6, 6.07) is 8.67. The van der Waals surface area contributed by atoms with E-state index in [4.69, 9.17) is 15.3 Å². The fraction of sp³-hybridized carbons (Fsp3) is 0.688. The predicted octanol–water partition coefficient (Wildman–Crippen LogP) is 2.26. The Morgan fingerprint density at radius 1 is 0.762 bits per heavy atom. The molecule has 0 saturated carbocycles. The van der Waals surface area contributed by atoms with Gasteiger partial charge in [0.05, 0.1) is 0 Å². The van der Waals surface area contributed by atoms with E-state index < -0.39 is 8.80 Å². The van der Waals surface area contributed by atoms with Crippen molar-refractivity contribution in [3.05, 3.63) is 24.3 Å². The number of hydrogen-bond donors (Lipinski definition) is 3. The molecule has 0 fully saturated rings. The molecule has 3 nitrogen and oxygen atoms in total. The van der Waals surface area contributed by atoms with Gasteiger partial charge in [0, 0.05) is 54.8 Å². The minimum Gasteiger partial charge on any atom is -0.396 e. The fourth-order valence-corrected chi connectivity index (χ4v) is 1.77. The second-order valence-corrected chi connectivity index (χ2v) is 7.52. The maximum absolute atomic E-state index is 7.88. The van der Waals surface area contributed by atoms with Gasteiger partial charge in [0.2, 0.25) is 0 Å². The molecule has 0 atom stereocenters. The van der Waals surface area contributed by atoms with Crippen LogP contribution in [0.25, 0.3) is 0 Å². The number of aliphatic hydroxyl groups is 3. The minimum absolute atomic E-state index is 0. The molecule has 0 bridgehead atoms. The van der Waals surface area contributed by atoms with Gasteiger partial charge in [0.1, 0.15) is 0 Å². The van der Waals surface area contributed by atoms with Crippen molar-refractivity contribution in [2.75, 3.05) is 19.8 Å². The Bertz CT molecular complexity index is 214. The van der Waals surface area contributed by atoms with E-state index in [0.29, 0.717) is 19.8 Å². The average molecular weight is 395 g/mol. The van der Waals surface area contributed by atoms with Crippen LogP contribution in [-0.4, -0.2) is 43.9 Å². The summed E-state index contributed by atoms with van der Waals surface area (Å²) < 4.78 is 0. The summed E-state index contributed by atoms with van der Waals surface area (Å²) in [5.41, 5.74) is 0. The van der Waals surface area contributed by atoms with Gasteiger partial charge in [-0.3, -0.25) is 0 Å². The molecule has 0 aliphatic carbocycles. The summed E-state index contributed by atoms with van der Waals surface area (Å²) in [5.74, 6) is 0. The third kappa shape index (κ3) is 33.3. The fourth-order valence-electron chi connectivity index (χ4n) is 0.774. The van der Waals surface area contributed by atoms with Gasteiger partial charge in [-0.2, -0.15) is 17.3 Å². The molecule has 0 amide bonds. The molecule has 1 rings (SSSR count). The Morgan fingerprint density at radius 3 is 1.10 bits per heavy atom. The quantitative estimate of drug-likeness (QED) is 0.542. The van der Waals surface area contributed by atoms with Crippen LogP contribution in [-0.2, 0) is 26.2 Å². The monoisotopic (exact) mass is 393 g/mol. The van der Waals surface area contributed by atoms with Gasteiger partial charge in [0.15, 0.2) is 0 Å². The van der Waals surface area contributed by atoms with E-state index in [9.17, 15) is 0 Å². The third-order valence-corrected chi connectivity index (χ3v) is 3.74. The van der Waals surface area contributed by atoms with Crippen molar-refractivity contribution in [3.8, 4) is 0 Å². The first-order valence-corrected chi connectivity index (χ1v) is 10.5. The molecular weight excluding hydrogens is 359 g/mol. The molecule has 1 aromatic carbocycles. The van der Waals surface area contributed by atoms with Crippen LogP contribution in [0.1, 0.15) is 40.0 Å². The third-order valence-electron chi connectivity index (χ3n) is 2.03. The molecule has 3 N–H and O–H groups in total. The number of rotatable bonds is 4. The van der Waals surface area contributed by atoms with Crippen LogP contribution in [0.4, 0.5) is 0 Å². The van der Waals surface area contributed by atoms with Crippen LogP contribution in [0, 0.1) is 0 Å². The van der Waals surface area contributed by atoms with E-state index in [-0.39, 0.29) is 26.2 Å². The molecular formula is C16H35O3SiZr-. The van der Waals surface area contributed by atoms with E-state index in [1.165, 1.54) is 0 Å². The molecule has 1 aromatic rings. The molecule has 0 radical (unpaired) electrons. The van der Waals surface area contributed by atoms with Crippen molar-refractivity contribution in [2.45, 2.75) is 53.1 Å². The standard InChI is InChI=1S/C7H11Si.3C3H8O.Zr/c1-8(2)7-5-3-4-6-7;3*1-2-3-4;/h3-6,8H,1-2H3;3*4H,2-3H2,1H3;/q-1;;;;. The van der Waals surface area contributed by atoms with Gasteiger partial charge in [-0.1, -0.05) is 33.9 Å². The van der Waals surface area contributed by atoms with Gasteiger partial charge in [0.25, 0.3) is 0 Å². The van der Waals surface area contributed by atoms with Crippen LogP contribution in [0.2, 0.25) is 13.1 Å². The van der Waals surface area contributed by atoms with Crippen LogP contribution in [0.5, 0.6) is 0 Å². The maximum Gasteiger partial charge on any atom is 0.0428 e. The van der Waals surface area contributed by atoms with Gasteiger partial charge >= 0.3 is 0 Å². The van der Waals surface area contributed by atoms with Crippen molar-refractivity contribution in [3.63, 3.8) is 0 Å². The zero-order chi connectivity index (χ0) is 16.2. The largest absolute Gasteiger partial charge is 0.396 e. The van der Waals surface area contributed by atoms with E-state index in [0.717, 1.165) is 19.3 Å². The Morgan fingerprint density at radius 2 is 1.00 bits per heavy atom. The average Bonchev–Trinajstić information content (AvgIpc) is 3.02. The van der Waals surface area contributed by atoms with Crippen LogP contribution in [0.3, 0.4) is 0 Å². The predicted molar refractivity (Wildman–Crippen MR) is 92.7 cm³/mol.